The third-order valence-electron chi connectivity index (χ3n) is 6.11. The number of ether oxygens (including phenoxy) is 2. The van der Waals surface area contributed by atoms with Gasteiger partial charge in [0, 0.05) is 25.0 Å². The van der Waals surface area contributed by atoms with E-state index in [4.69, 9.17) is 9.47 Å². The van der Waals surface area contributed by atoms with E-state index in [0.717, 1.165) is 19.1 Å². The normalized spacial score (nSPS) is 23.9. The first-order chi connectivity index (χ1) is 15.0. The molecule has 1 aliphatic rings. The van der Waals surface area contributed by atoms with E-state index in [1.807, 2.05) is 13.0 Å². The van der Waals surface area contributed by atoms with Crippen molar-refractivity contribution in [2.24, 2.45) is 11.3 Å². The van der Waals surface area contributed by atoms with Crippen LogP contribution in [-0.2, 0) is 24.7 Å². The monoisotopic (exact) mass is 450 g/mol. The number of allylic oxidation sites excluding steroid dienone is 3. The Labute approximate surface area is 186 Å². The van der Waals surface area contributed by atoms with Gasteiger partial charge < -0.3 is 9.47 Å². The van der Waals surface area contributed by atoms with Crippen LogP contribution in [0.15, 0.2) is 66.8 Å². The van der Waals surface area contributed by atoms with Crippen molar-refractivity contribution in [3.05, 3.63) is 72.4 Å². The number of carbonyl (C=O) groups excluding carboxylic acids is 2. The second-order valence-corrected chi connectivity index (χ2v) is 8.32. The van der Waals surface area contributed by atoms with Crippen LogP contribution in [-0.4, -0.2) is 31.6 Å². The lowest BCUT2D eigenvalue weighted by atomic mass is 9.64. The summed E-state index contributed by atoms with van der Waals surface area (Å²) >= 11 is 0. The zero-order valence-corrected chi connectivity index (χ0v) is 18.6. The van der Waals surface area contributed by atoms with Gasteiger partial charge in [0.25, 0.3) is 5.60 Å². The molecule has 0 bridgehead atoms. The maximum atomic E-state index is 14.1. The fourth-order valence-electron chi connectivity index (χ4n) is 4.43. The van der Waals surface area contributed by atoms with Crippen molar-refractivity contribution in [3.63, 3.8) is 0 Å². The molecule has 0 fully saturated rings. The summed E-state index contributed by atoms with van der Waals surface area (Å²) < 4.78 is 52.3. The van der Waals surface area contributed by atoms with Gasteiger partial charge in [-0.3, -0.25) is 4.79 Å². The minimum atomic E-state index is -5.04. The van der Waals surface area contributed by atoms with Crippen molar-refractivity contribution in [2.75, 3.05) is 7.11 Å². The first-order valence-electron chi connectivity index (χ1n) is 10.3. The average molecular weight is 450 g/mol. The van der Waals surface area contributed by atoms with Crippen molar-refractivity contribution in [1.29, 1.82) is 0 Å². The maximum absolute atomic E-state index is 14.1. The van der Waals surface area contributed by atoms with Gasteiger partial charge in [0.1, 0.15) is 12.4 Å². The number of carbonyl (C=O) groups is 2. The molecule has 1 aromatic carbocycles. The minimum Gasteiger partial charge on any atom is -0.460 e. The van der Waals surface area contributed by atoms with Gasteiger partial charge in [0.15, 0.2) is 0 Å². The van der Waals surface area contributed by atoms with Gasteiger partial charge in [-0.05, 0) is 30.8 Å². The van der Waals surface area contributed by atoms with Crippen molar-refractivity contribution >= 4 is 12.3 Å². The minimum absolute atomic E-state index is 0.152. The van der Waals surface area contributed by atoms with E-state index in [1.54, 1.807) is 12.1 Å². The summed E-state index contributed by atoms with van der Waals surface area (Å²) in [6.45, 7) is 11.2. The Morgan fingerprint density at radius 3 is 2.44 bits per heavy atom. The van der Waals surface area contributed by atoms with E-state index < -0.39 is 29.3 Å². The summed E-state index contributed by atoms with van der Waals surface area (Å²) in [5.74, 6) is -1.91. The van der Waals surface area contributed by atoms with Crippen LogP contribution in [0.4, 0.5) is 13.2 Å². The first-order valence-corrected chi connectivity index (χ1v) is 10.3. The molecule has 0 radical (unpaired) electrons. The Bertz CT molecular complexity index is 890. The quantitative estimate of drug-likeness (QED) is 0.210. The van der Waals surface area contributed by atoms with Crippen LogP contribution in [0.1, 0.15) is 38.7 Å². The number of methoxy groups -OCH3 is 1. The molecule has 1 aliphatic carbocycles. The molecule has 0 heterocycles. The molecule has 0 unspecified atom stereocenters. The highest BCUT2D eigenvalue weighted by atomic mass is 19.4. The largest absolute Gasteiger partial charge is 0.460 e. The Kier molecular flexibility index (Phi) is 7.88. The number of esters is 1. The van der Waals surface area contributed by atoms with Gasteiger partial charge in [-0.1, -0.05) is 61.6 Å². The molecule has 0 amide bonds. The highest BCUT2D eigenvalue weighted by molar-refractivity contribution is 5.83. The van der Waals surface area contributed by atoms with Crippen LogP contribution in [0, 0.1) is 11.3 Å². The van der Waals surface area contributed by atoms with Crippen molar-refractivity contribution < 1.29 is 32.2 Å². The summed E-state index contributed by atoms with van der Waals surface area (Å²) in [6.07, 6.45) is 0.0418. The molecule has 0 aliphatic heterocycles. The highest BCUT2D eigenvalue weighted by Gasteiger charge is 2.64. The van der Waals surface area contributed by atoms with Gasteiger partial charge in [0.05, 0.1) is 0 Å². The van der Waals surface area contributed by atoms with Crippen LogP contribution < -0.4 is 0 Å². The topological polar surface area (TPSA) is 52.6 Å². The molecular weight excluding hydrogens is 421 g/mol. The Balaban J connectivity index is 2.32. The molecule has 174 valence electrons. The number of hydrogen-bond donors (Lipinski definition) is 0. The fourth-order valence-corrected chi connectivity index (χ4v) is 4.43. The predicted molar refractivity (Wildman–Crippen MR) is 116 cm³/mol. The number of benzene rings is 1. The number of halogens is 3. The molecule has 7 heteroatoms. The smallest absolute Gasteiger partial charge is 0.432 e. The van der Waals surface area contributed by atoms with Gasteiger partial charge in [-0.25, -0.2) is 4.79 Å². The Morgan fingerprint density at radius 2 is 1.94 bits per heavy atom. The molecule has 0 aromatic heterocycles. The summed E-state index contributed by atoms with van der Waals surface area (Å²) in [7, 11) is 0.829. The predicted octanol–water partition coefficient (Wildman–Crippen LogP) is 5.70. The van der Waals surface area contributed by atoms with Crippen molar-refractivity contribution in [3.8, 4) is 0 Å². The third-order valence-corrected chi connectivity index (χ3v) is 6.11. The molecule has 0 spiro atoms. The van der Waals surface area contributed by atoms with E-state index >= 15 is 0 Å². The van der Waals surface area contributed by atoms with E-state index in [2.05, 4.69) is 13.2 Å². The number of hydrogen-bond acceptors (Lipinski definition) is 4. The van der Waals surface area contributed by atoms with Gasteiger partial charge in [-0.15, -0.1) is 6.58 Å². The summed E-state index contributed by atoms with van der Waals surface area (Å²) in [5, 5.41) is 0. The highest BCUT2D eigenvalue weighted by Crippen LogP contribution is 2.47. The SMILES string of the molecule is C=C[C@]1(C)CCC=C(C[C@@H](C)OC(=O)[C@](OC)(c2ccccc2)C(F)(F)F)[C@@H]1C(=C)C=O. The molecule has 0 saturated carbocycles. The molecule has 0 saturated heterocycles. The van der Waals surface area contributed by atoms with Crippen LogP contribution in [0.5, 0.6) is 0 Å². The lowest BCUT2D eigenvalue weighted by Gasteiger charge is -2.41. The molecule has 1 aromatic rings. The van der Waals surface area contributed by atoms with Gasteiger partial charge in [0.2, 0.25) is 0 Å². The van der Waals surface area contributed by atoms with Crippen LogP contribution in [0.25, 0.3) is 0 Å². The van der Waals surface area contributed by atoms with Gasteiger partial charge in [-0.2, -0.15) is 13.2 Å². The average Bonchev–Trinajstić information content (AvgIpc) is 2.74. The van der Waals surface area contributed by atoms with Crippen molar-refractivity contribution in [2.45, 2.75) is 51.0 Å². The summed E-state index contributed by atoms with van der Waals surface area (Å²) in [5.41, 5.74) is -2.91. The van der Waals surface area contributed by atoms with Crippen LogP contribution >= 0.6 is 0 Å². The lowest BCUT2D eigenvalue weighted by Crippen LogP contribution is -2.52. The molecule has 4 nitrogen and oxygen atoms in total. The van der Waals surface area contributed by atoms with E-state index in [9.17, 15) is 22.8 Å². The molecule has 2 rings (SSSR count). The maximum Gasteiger partial charge on any atom is 0.432 e. The Hall–Kier alpha value is -2.67. The standard InChI is InChI=1S/C25H29F3O4/c1-6-23(4)14-10-11-19(21(23)17(2)16-29)15-18(3)32-22(30)24(31-5,25(26,27)28)20-12-8-7-9-13-20/h6-9,11-13,16,18,21H,1-2,10,14-15H2,3-5H3/t18-,21+,23-,24-/m1/s1. The molecule has 32 heavy (non-hydrogen) atoms. The lowest BCUT2D eigenvalue weighted by molar-refractivity contribution is -0.278. The fraction of sp³-hybridized carbons (Fsp3) is 0.440. The zero-order valence-electron chi connectivity index (χ0n) is 18.6. The first kappa shape index (κ1) is 25.6. The number of rotatable bonds is 9. The second kappa shape index (κ2) is 9.86. The van der Waals surface area contributed by atoms with Crippen LogP contribution in [0.3, 0.4) is 0 Å². The molecular formula is C25H29F3O4. The molecule has 4 atom stereocenters. The third kappa shape index (κ3) is 4.72. The van der Waals surface area contributed by atoms with E-state index in [0.29, 0.717) is 18.3 Å². The number of aldehydes is 1. The van der Waals surface area contributed by atoms with Gasteiger partial charge >= 0.3 is 12.1 Å². The van der Waals surface area contributed by atoms with Crippen molar-refractivity contribution in [1.82, 2.24) is 0 Å². The van der Waals surface area contributed by atoms with E-state index in [1.165, 1.54) is 31.2 Å². The van der Waals surface area contributed by atoms with E-state index in [-0.39, 0.29) is 17.9 Å². The number of alkyl halides is 3. The van der Waals surface area contributed by atoms with Crippen LogP contribution in [0.2, 0.25) is 0 Å². The zero-order chi connectivity index (χ0) is 24.2. The molecule has 0 N–H and O–H groups in total. The second-order valence-electron chi connectivity index (χ2n) is 8.32. The summed E-state index contributed by atoms with van der Waals surface area (Å²) in [4.78, 5) is 24.3. The Morgan fingerprint density at radius 1 is 1.31 bits per heavy atom. The summed E-state index contributed by atoms with van der Waals surface area (Å²) in [6, 6.07) is 6.67.